The predicted octanol–water partition coefficient (Wildman–Crippen LogP) is 2.78. The number of hydrogen-bond donors (Lipinski definition) is 0. The lowest BCUT2D eigenvalue weighted by Crippen LogP contribution is -2.39. The number of nitrogens with zero attached hydrogens (tertiary/aromatic N) is 3. The fourth-order valence-corrected chi connectivity index (χ4v) is 2.86. The molecule has 0 aliphatic carbocycles. The molecule has 0 radical (unpaired) electrons. The number of morpholine rings is 1. The van der Waals surface area contributed by atoms with Gasteiger partial charge in [0.05, 0.1) is 6.61 Å². The van der Waals surface area contributed by atoms with E-state index in [9.17, 15) is 0 Å². The zero-order valence-corrected chi connectivity index (χ0v) is 12.7. The maximum absolute atomic E-state index is 6.23. The summed E-state index contributed by atoms with van der Waals surface area (Å²) in [4.78, 5) is 11.4. The zero-order chi connectivity index (χ0) is 13.8. The van der Waals surface area contributed by atoms with Crippen LogP contribution in [0.15, 0.2) is 0 Å². The van der Waals surface area contributed by atoms with Crippen molar-refractivity contribution in [3.05, 3.63) is 22.2 Å². The van der Waals surface area contributed by atoms with Gasteiger partial charge in [0.25, 0.3) is 0 Å². The van der Waals surface area contributed by atoms with Crippen molar-refractivity contribution in [3.8, 4) is 0 Å². The van der Waals surface area contributed by atoms with Gasteiger partial charge in [-0.25, -0.2) is 9.97 Å². The van der Waals surface area contributed by atoms with E-state index < -0.39 is 0 Å². The first-order valence-electron chi connectivity index (χ1n) is 7.02. The number of hydrogen-bond acceptors (Lipinski definition) is 4. The van der Waals surface area contributed by atoms with Crippen molar-refractivity contribution in [2.24, 2.45) is 0 Å². The van der Waals surface area contributed by atoms with Crippen LogP contribution in [-0.2, 0) is 11.2 Å². The molecular formula is C14H22ClN3O. The molecule has 0 spiro atoms. The normalized spacial score (nSPS) is 20.7. The molecular weight excluding hydrogens is 262 g/mol. The van der Waals surface area contributed by atoms with Crippen LogP contribution in [0.4, 0.5) is 0 Å². The van der Waals surface area contributed by atoms with Crippen LogP contribution < -0.4 is 0 Å². The number of ether oxygens (including phenoxy) is 1. The van der Waals surface area contributed by atoms with Crippen LogP contribution in [0.5, 0.6) is 0 Å². The van der Waals surface area contributed by atoms with E-state index in [1.807, 2.05) is 6.92 Å². The lowest BCUT2D eigenvalue weighted by atomic mass is 10.2. The highest BCUT2D eigenvalue weighted by molar-refractivity contribution is 6.30. The Balaban J connectivity index is 2.17. The summed E-state index contributed by atoms with van der Waals surface area (Å²) in [6.45, 7) is 9.93. The van der Waals surface area contributed by atoms with Crippen LogP contribution in [-0.4, -0.2) is 41.1 Å². The Kier molecular flexibility index (Phi) is 5.13. The fourth-order valence-electron chi connectivity index (χ4n) is 2.51. The van der Waals surface area contributed by atoms with Crippen molar-refractivity contribution in [1.82, 2.24) is 14.9 Å². The molecule has 0 aromatic carbocycles. The lowest BCUT2D eigenvalue weighted by molar-refractivity contribution is -0.0343. The second kappa shape index (κ2) is 6.64. The summed E-state index contributed by atoms with van der Waals surface area (Å²) in [5.41, 5.74) is 2.00. The molecule has 5 heteroatoms. The zero-order valence-electron chi connectivity index (χ0n) is 11.9. The molecule has 19 heavy (non-hydrogen) atoms. The van der Waals surface area contributed by atoms with Crippen LogP contribution >= 0.6 is 11.6 Å². The summed E-state index contributed by atoms with van der Waals surface area (Å²) >= 11 is 6.23. The van der Waals surface area contributed by atoms with Crippen LogP contribution in [0.2, 0.25) is 5.15 Å². The quantitative estimate of drug-likeness (QED) is 0.797. The number of aryl methyl sites for hydroxylation is 1. The monoisotopic (exact) mass is 283 g/mol. The summed E-state index contributed by atoms with van der Waals surface area (Å²) in [5.74, 6) is 0.723. The van der Waals surface area contributed by atoms with Gasteiger partial charge >= 0.3 is 0 Å². The van der Waals surface area contributed by atoms with Crippen molar-refractivity contribution < 1.29 is 4.74 Å². The molecule has 0 N–H and O–H groups in total. The molecule has 0 bridgehead atoms. The van der Waals surface area contributed by atoms with Gasteiger partial charge in [-0.05, 0) is 26.3 Å². The Morgan fingerprint density at radius 3 is 2.79 bits per heavy atom. The Bertz CT molecular complexity index is 414. The van der Waals surface area contributed by atoms with E-state index in [0.717, 1.165) is 56.2 Å². The average molecular weight is 284 g/mol. The lowest BCUT2D eigenvalue weighted by Gasteiger charge is -2.32. The maximum Gasteiger partial charge on any atom is 0.160 e. The summed E-state index contributed by atoms with van der Waals surface area (Å²) < 4.78 is 5.80. The van der Waals surface area contributed by atoms with Crippen molar-refractivity contribution in [2.75, 3.05) is 26.2 Å². The third-order valence-electron chi connectivity index (χ3n) is 3.51. The molecule has 0 saturated carbocycles. The first kappa shape index (κ1) is 14.7. The highest BCUT2D eigenvalue weighted by atomic mass is 35.5. The van der Waals surface area contributed by atoms with E-state index in [1.54, 1.807) is 0 Å². The molecule has 1 atom stereocenters. The van der Waals surface area contributed by atoms with Gasteiger partial charge in [0.2, 0.25) is 0 Å². The van der Waals surface area contributed by atoms with Crippen molar-refractivity contribution in [1.29, 1.82) is 0 Å². The highest BCUT2D eigenvalue weighted by Crippen LogP contribution is 2.24. The second-order valence-electron chi connectivity index (χ2n) is 4.95. The van der Waals surface area contributed by atoms with Gasteiger partial charge in [-0.2, -0.15) is 0 Å². The van der Waals surface area contributed by atoms with E-state index in [0.29, 0.717) is 5.15 Å². The van der Waals surface area contributed by atoms with Gasteiger partial charge in [0.15, 0.2) is 5.82 Å². The summed E-state index contributed by atoms with van der Waals surface area (Å²) in [6, 6.07) is 0. The molecule has 2 heterocycles. The molecule has 1 saturated heterocycles. The molecule has 106 valence electrons. The third kappa shape index (κ3) is 3.44. The SMILES string of the molecule is CCCN1CCOC(c2nc(C)c(CC)c(Cl)n2)C1. The largest absolute Gasteiger partial charge is 0.368 e. The minimum absolute atomic E-state index is 0.0533. The van der Waals surface area contributed by atoms with Crippen LogP contribution in [0.25, 0.3) is 0 Å². The average Bonchev–Trinajstić information content (AvgIpc) is 2.39. The number of aromatic nitrogens is 2. The molecule has 1 unspecified atom stereocenters. The Hall–Kier alpha value is -0.710. The van der Waals surface area contributed by atoms with Crippen molar-refractivity contribution in [2.45, 2.75) is 39.7 Å². The molecule has 1 aromatic rings. The summed E-state index contributed by atoms with van der Waals surface area (Å²) in [6.07, 6.45) is 1.96. The molecule has 1 fully saturated rings. The van der Waals surface area contributed by atoms with Gasteiger partial charge < -0.3 is 4.74 Å². The van der Waals surface area contributed by atoms with Crippen LogP contribution in [0.3, 0.4) is 0 Å². The minimum Gasteiger partial charge on any atom is -0.368 e. The Morgan fingerprint density at radius 1 is 1.37 bits per heavy atom. The first-order valence-corrected chi connectivity index (χ1v) is 7.40. The standard InChI is InChI=1S/C14H22ClN3O/c1-4-6-18-7-8-19-12(9-18)14-16-10(3)11(5-2)13(15)17-14/h12H,4-9H2,1-3H3. The van der Waals surface area contributed by atoms with Gasteiger partial charge in [-0.3, -0.25) is 4.90 Å². The molecule has 0 amide bonds. The van der Waals surface area contributed by atoms with E-state index in [2.05, 4.69) is 28.7 Å². The second-order valence-corrected chi connectivity index (χ2v) is 5.31. The predicted molar refractivity (Wildman–Crippen MR) is 76.6 cm³/mol. The molecule has 1 aliphatic heterocycles. The van der Waals surface area contributed by atoms with E-state index >= 15 is 0 Å². The third-order valence-corrected chi connectivity index (χ3v) is 3.83. The van der Waals surface area contributed by atoms with E-state index in [-0.39, 0.29) is 6.10 Å². The minimum atomic E-state index is -0.0533. The smallest absolute Gasteiger partial charge is 0.160 e. The van der Waals surface area contributed by atoms with Gasteiger partial charge in [0, 0.05) is 24.3 Å². The van der Waals surface area contributed by atoms with Gasteiger partial charge in [-0.1, -0.05) is 25.4 Å². The molecule has 1 aliphatic rings. The highest BCUT2D eigenvalue weighted by Gasteiger charge is 2.24. The summed E-state index contributed by atoms with van der Waals surface area (Å²) in [5, 5.41) is 0.571. The Morgan fingerprint density at radius 2 is 2.16 bits per heavy atom. The summed E-state index contributed by atoms with van der Waals surface area (Å²) in [7, 11) is 0. The first-order chi connectivity index (χ1) is 9.15. The Labute approximate surface area is 120 Å². The van der Waals surface area contributed by atoms with E-state index in [1.165, 1.54) is 0 Å². The van der Waals surface area contributed by atoms with Crippen LogP contribution in [0, 0.1) is 6.92 Å². The maximum atomic E-state index is 6.23. The molecule has 4 nitrogen and oxygen atoms in total. The number of halogens is 1. The molecule has 1 aromatic heterocycles. The van der Waals surface area contributed by atoms with Crippen molar-refractivity contribution in [3.63, 3.8) is 0 Å². The van der Waals surface area contributed by atoms with Crippen molar-refractivity contribution >= 4 is 11.6 Å². The van der Waals surface area contributed by atoms with Gasteiger partial charge in [-0.15, -0.1) is 0 Å². The topological polar surface area (TPSA) is 38.2 Å². The molecule has 2 rings (SSSR count). The fraction of sp³-hybridized carbons (Fsp3) is 0.714. The van der Waals surface area contributed by atoms with E-state index in [4.69, 9.17) is 16.3 Å². The van der Waals surface area contributed by atoms with Gasteiger partial charge in [0.1, 0.15) is 11.3 Å². The number of rotatable bonds is 4. The van der Waals surface area contributed by atoms with Crippen LogP contribution in [0.1, 0.15) is 43.5 Å².